The fraction of sp³-hybridized carbons (Fsp3) is 0.391. The van der Waals surface area contributed by atoms with E-state index in [4.69, 9.17) is 14.2 Å². The molecule has 0 bridgehead atoms. The Balaban J connectivity index is 1.94. The zero-order valence-electron chi connectivity index (χ0n) is 17.6. The molecule has 0 fully saturated rings. The molecule has 0 aliphatic carbocycles. The Kier molecular flexibility index (Phi) is 6.29. The Morgan fingerprint density at radius 1 is 1.13 bits per heavy atom. The number of carbonyl (C=O) groups excluding carboxylic acids is 2. The molecule has 3 rings (SSSR count). The van der Waals surface area contributed by atoms with Gasteiger partial charge in [-0.2, -0.15) is 0 Å². The molecule has 6 nitrogen and oxygen atoms in total. The van der Waals surface area contributed by atoms with Crippen LogP contribution in [0.2, 0.25) is 0 Å². The highest BCUT2D eigenvalue weighted by atomic mass is 19.1. The summed E-state index contributed by atoms with van der Waals surface area (Å²) in [5.41, 5.74) is 1.40. The van der Waals surface area contributed by atoms with Crippen LogP contribution >= 0.6 is 0 Å². The van der Waals surface area contributed by atoms with E-state index in [1.54, 1.807) is 27.7 Å². The van der Waals surface area contributed by atoms with Crippen LogP contribution < -0.4 is 4.74 Å². The molecule has 0 spiro atoms. The van der Waals surface area contributed by atoms with Gasteiger partial charge < -0.3 is 14.2 Å². The third-order valence-corrected chi connectivity index (χ3v) is 4.53. The summed E-state index contributed by atoms with van der Waals surface area (Å²) >= 11 is 0. The predicted molar refractivity (Wildman–Crippen MR) is 109 cm³/mol. The highest BCUT2D eigenvalue weighted by Gasteiger charge is 2.35. The van der Waals surface area contributed by atoms with Crippen molar-refractivity contribution in [3.05, 3.63) is 65.0 Å². The van der Waals surface area contributed by atoms with Gasteiger partial charge in [0.05, 0.1) is 13.2 Å². The van der Waals surface area contributed by atoms with E-state index in [9.17, 15) is 14.0 Å². The van der Waals surface area contributed by atoms with Crippen LogP contribution in [0, 0.1) is 5.82 Å². The normalized spacial score (nSPS) is 15.9. The first-order valence-electron chi connectivity index (χ1n) is 9.87. The van der Waals surface area contributed by atoms with Crippen LogP contribution in [0.3, 0.4) is 0 Å². The molecule has 30 heavy (non-hydrogen) atoms. The topological polar surface area (TPSA) is 65.1 Å². The standard InChI is InChI=1S/C23H26FNO5/c1-5-28-21(26)18-11-10-17(24)13-19(18)29-20-12-15-8-6-7-9-16(15)14-25(20)22(27)30-23(2,3)4/h6-11,13,20H,5,12,14H2,1-4H3. The molecule has 1 unspecified atom stereocenters. The molecule has 2 aromatic carbocycles. The molecule has 1 amide bonds. The second-order valence-corrected chi connectivity index (χ2v) is 8.01. The van der Waals surface area contributed by atoms with Crippen LogP contribution in [0.5, 0.6) is 5.75 Å². The van der Waals surface area contributed by atoms with Crippen molar-refractivity contribution < 1.29 is 28.2 Å². The van der Waals surface area contributed by atoms with Crippen molar-refractivity contribution in [2.45, 2.75) is 52.5 Å². The number of nitrogens with zero attached hydrogens (tertiary/aromatic N) is 1. The number of hydrogen-bond acceptors (Lipinski definition) is 5. The van der Waals surface area contributed by atoms with Gasteiger partial charge in [-0.1, -0.05) is 24.3 Å². The second-order valence-electron chi connectivity index (χ2n) is 8.01. The van der Waals surface area contributed by atoms with E-state index >= 15 is 0 Å². The first kappa shape index (κ1) is 21.6. The monoisotopic (exact) mass is 415 g/mol. The zero-order valence-corrected chi connectivity index (χ0v) is 17.6. The highest BCUT2D eigenvalue weighted by molar-refractivity contribution is 5.92. The van der Waals surface area contributed by atoms with Gasteiger partial charge in [-0.3, -0.25) is 4.90 Å². The van der Waals surface area contributed by atoms with Crippen LogP contribution in [-0.2, 0) is 22.4 Å². The molecule has 1 aliphatic heterocycles. The molecule has 1 heterocycles. The van der Waals surface area contributed by atoms with Crippen molar-refractivity contribution >= 4 is 12.1 Å². The van der Waals surface area contributed by atoms with Gasteiger partial charge in [0.1, 0.15) is 22.7 Å². The number of halogens is 1. The van der Waals surface area contributed by atoms with Crippen LogP contribution in [-0.4, -0.2) is 35.4 Å². The van der Waals surface area contributed by atoms with Crippen molar-refractivity contribution in [2.75, 3.05) is 6.61 Å². The number of ether oxygens (including phenoxy) is 3. The second kappa shape index (κ2) is 8.73. The third kappa shape index (κ3) is 5.09. The van der Waals surface area contributed by atoms with Crippen molar-refractivity contribution in [3.8, 4) is 5.75 Å². The molecule has 1 atom stereocenters. The van der Waals surface area contributed by atoms with Gasteiger partial charge in [-0.25, -0.2) is 14.0 Å². The summed E-state index contributed by atoms with van der Waals surface area (Å²) in [7, 11) is 0. The van der Waals surface area contributed by atoms with Gasteiger partial charge in [0, 0.05) is 12.5 Å². The Bertz CT molecular complexity index is 937. The number of hydrogen-bond donors (Lipinski definition) is 0. The van der Waals surface area contributed by atoms with Crippen LogP contribution in [0.25, 0.3) is 0 Å². The number of esters is 1. The maximum absolute atomic E-state index is 13.9. The van der Waals surface area contributed by atoms with E-state index in [0.29, 0.717) is 6.42 Å². The lowest BCUT2D eigenvalue weighted by Gasteiger charge is -2.37. The predicted octanol–water partition coefficient (Wildman–Crippen LogP) is 4.70. The SMILES string of the molecule is CCOC(=O)c1ccc(F)cc1OC1Cc2ccccc2CN1C(=O)OC(C)(C)C. The molecule has 160 valence electrons. The largest absolute Gasteiger partial charge is 0.469 e. The average Bonchev–Trinajstić information content (AvgIpc) is 2.66. The number of benzene rings is 2. The smallest absolute Gasteiger partial charge is 0.413 e. The maximum Gasteiger partial charge on any atom is 0.413 e. The summed E-state index contributed by atoms with van der Waals surface area (Å²) in [6.45, 7) is 7.48. The van der Waals surface area contributed by atoms with E-state index in [1.807, 2.05) is 24.3 Å². The lowest BCUT2D eigenvalue weighted by molar-refractivity contribution is -0.0282. The van der Waals surface area contributed by atoms with Gasteiger partial charge in [0.15, 0.2) is 6.23 Å². The van der Waals surface area contributed by atoms with Gasteiger partial charge in [0.25, 0.3) is 0 Å². The van der Waals surface area contributed by atoms with Crippen molar-refractivity contribution in [1.29, 1.82) is 0 Å². The van der Waals surface area contributed by atoms with Gasteiger partial charge in [-0.05, 0) is 51.0 Å². The van der Waals surface area contributed by atoms with E-state index in [-0.39, 0.29) is 24.5 Å². The summed E-state index contributed by atoms with van der Waals surface area (Å²) in [6, 6.07) is 11.3. The number of rotatable bonds is 4. The molecule has 0 saturated heterocycles. The minimum atomic E-state index is -0.773. The fourth-order valence-corrected chi connectivity index (χ4v) is 3.22. The first-order valence-corrected chi connectivity index (χ1v) is 9.87. The summed E-state index contributed by atoms with van der Waals surface area (Å²) in [4.78, 5) is 26.6. The quantitative estimate of drug-likeness (QED) is 0.677. The molecular formula is C23H26FNO5. The number of carbonyl (C=O) groups is 2. The Labute approximate surface area is 175 Å². The van der Waals surface area contributed by atoms with Gasteiger partial charge >= 0.3 is 12.1 Å². The number of fused-ring (bicyclic) bond motifs is 1. The average molecular weight is 415 g/mol. The Hall–Kier alpha value is -3.09. The van der Waals surface area contributed by atoms with E-state index in [0.717, 1.165) is 17.2 Å². The summed E-state index contributed by atoms with van der Waals surface area (Å²) in [5.74, 6) is -1.16. The first-order chi connectivity index (χ1) is 14.2. The lowest BCUT2D eigenvalue weighted by atomic mass is 9.99. The highest BCUT2D eigenvalue weighted by Crippen LogP contribution is 2.29. The molecule has 0 N–H and O–H groups in total. The van der Waals surface area contributed by atoms with Crippen LogP contribution in [0.15, 0.2) is 42.5 Å². The van der Waals surface area contributed by atoms with E-state index in [2.05, 4.69) is 0 Å². The molecule has 0 radical (unpaired) electrons. The summed E-state index contributed by atoms with van der Waals surface area (Å²) in [6.07, 6.45) is -0.949. The fourth-order valence-electron chi connectivity index (χ4n) is 3.22. The minimum absolute atomic E-state index is 0.0198. The van der Waals surface area contributed by atoms with Crippen molar-refractivity contribution in [2.24, 2.45) is 0 Å². The van der Waals surface area contributed by atoms with Gasteiger partial charge in [-0.15, -0.1) is 0 Å². The van der Waals surface area contributed by atoms with Gasteiger partial charge in [0.2, 0.25) is 0 Å². The molecule has 0 aromatic heterocycles. The third-order valence-electron chi connectivity index (χ3n) is 4.53. The van der Waals surface area contributed by atoms with Crippen molar-refractivity contribution in [3.63, 3.8) is 0 Å². The summed E-state index contributed by atoms with van der Waals surface area (Å²) in [5, 5.41) is 0. The lowest BCUT2D eigenvalue weighted by Crippen LogP contribution is -2.49. The van der Waals surface area contributed by atoms with E-state index in [1.165, 1.54) is 17.0 Å². The Morgan fingerprint density at radius 2 is 1.83 bits per heavy atom. The number of amides is 1. The van der Waals surface area contributed by atoms with Crippen molar-refractivity contribution in [1.82, 2.24) is 4.90 Å². The Morgan fingerprint density at radius 3 is 2.50 bits per heavy atom. The molecule has 2 aromatic rings. The summed E-state index contributed by atoms with van der Waals surface area (Å²) < 4.78 is 30.5. The van der Waals surface area contributed by atoms with Crippen LogP contribution in [0.4, 0.5) is 9.18 Å². The molecular weight excluding hydrogens is 389 g/mol. The zero-order chi connectivity index (χ0) is 21.9. The molecule has 7 heteroatoms. The minimum Gasteiger partial charge on any atom is -0.469 e. The van der Waals surface area contributed by atoms with E-state index < -0.39 is 29.7 Å². The molecule has 0 saturated carbocycles. The molecule has 1 aliphatic rings. The van der Waals surface area contributed by atoms with Crippen LogP contribution in [0.1, 0.15) is 49.2 Å². The maximum atomic E-state index is 13.9.